The van der Waals surface area contributed by atoms with Gasteiger partial charge in [0.15, 0.2) is 11.7 Å². The van der Waals surface area contributed by atoms with Crippen LogP contribution in [0.15, 0.2) is 21.7 Å². The molecule has 1 saturated heterocycles. The number of aliphatic imine (C=N–C) groups is 1. The molecule has 0 saturated carbocycles. The van der Waals surface area contributed by atoms with Crippen molar-refractivity contribution < 1.29 is 9.21 Å². The topological polar surface area (TPSA) is 78.7 Å². The van der Waals surface area contributed by atoms with Gasteiger partial charge in [-0.25, -0.2) is 0 Å². The van der Waals surface area contributed by atoms with Gasteiger partial charge in [-0.05, 0) is 51.9 Å². The zero-order valence-electron chi connectivity index (χ0n) is 15.5. The summed E-state index contributed by atoms with van der Waals surface area (Å²) in [4.78, 5) is 16.7. The van der Waals surface area contributed by atoms with E-state index >= 15 is 0 Å². The van der Waals surface area contributed by atoms with Crippen LogP contribution >= 0.6 is 11.8 Å². The van der Waals surface area contributed by atoms with Crippen LogP contribution in [-0.2, 0) is 0 Å². The molecule has 0 aromatic carbocycles. The third kappa shape index (κ3) is 6.30. The molecule has 0 radical (unpaired) electrons. The van der Waals surface area contributed by atoms with Crippen LogP contribution in [0.25, 0.3) is 0 Å². The zero-order valence-corrected chi connectivity index (χ0v) is 16.3. The maximum Gasteiger partial charge on any atom is 0.287 e. The molecule has 1 aromatic rings. The summed E-state index contributed by atoms with van der Waals surface area (Å²) < 4.78 is 5.46. The highest BCUT2D eigenvalue weighted by Crippen LogP contribution is 2.37. The smallest absolute Gasteiger partial charge is 0.287 e. The quantitative estimate of drug-likeness (QED) is 0.374. The number of hydrogen-bond acceptors (Lipinski definition) is 4. The van der Waals surface area contributed by atoms with Gasteiger partial charge in [0.05, 0.1) is 12.8 Å². The van der Waals surface area contributed by atoms with E-state index in [1.165, 1.54) is 24.9 Å². The average molecular weight is 367 g/mol. The van der Waals surface area contributed by atoms with Gasteiger partial charge in [0, 0.05) is 29.9 Å². The molecule has 6 nitrogen and oxygen atoms in total. The van der Waals surface area contributed by atoms with E-state index in [4.69, 9.17) is 9.41 Å². The molecule has 2 heterocycles. The lowest BCUT2D eigenvalue weighted by atomic mass is 10.1. The normalized spacial score (nSPS) is 20.5. The largest absolute Gasteiger partial charge is 0.459 e. The first kappa shape index (κ1) is 19.7. The van der Waals surface area contributed by atoms with Crippen LogP contribution in [0.2, 0.25) is 0 Å². The Morgan fingerprint density at radius 1 is 1.36 bits per heavy atom. The van der Waals surface area contributed by atoms with Crippen molar-refractivity contribution in [2.45, 2.75) is 44.8 Å². The Morgan fingerprint density at radius 3 is 2.80 bits per heavy atom. The number of rotatable bonds is 8. The van der Waals surface area contributed by atoms with E-state index in [0.717, 1.165) is 37.6 Å². The fourth-order valence-corrected chi connectivity index (χ4v) is 3.96. The number of carbonyl (C=O) groups is 1. The minimum absolute atomic E-state index is 0.158. The number of furan rings is 1. The van der Waals surface area contributed by atoms with Crippen LogP contribution in [-0.4, -0.2) is 48.5 Å². The number of aryl methyl sites for hydroxylation is 1. The Balaban J connectivity index is 1.68. The first-order valence-electron chi connectivity index (χ1n) is 9.02. The van der Waals surface area contributed by atoms with E-state index in [0.29, 0.717) is 12.3 Å². The van der Waals surface area contributed by atoms with E-state index in [1.54, 1.807) is 6.07 Å². The molecule has 0 bridgehead atoms. The van der Waals surface area contributed by atoms with Crippen LogP contribution in [0.1, 0.15) is 49.2 Å². The molecule has 2 rings (SSSR count). The number of thioether (sulfide) groups is 1. The van der Waals surface area contributed by atoms with Crippen molar-refractivity contribution in [2.75, 3.05) is 31.9 Å². The summed E-state index contributed by atoms with van der Waals surface area (Å²) in [5.74, 6) is 2.33. The van der Waals surface area contributed by atoms with Gasteiger partial charge >= 0.3 is 0 Å². The molecule has 140 valence electrons. The van der Waals surface area contributed by atoms with Crippen molar-refractivity contribution in [3.05, 3.63) is 23.7 Å². The molecule has 25 heavy (non-hydrogen) atoms. The second-order valence-electron chi connectivity index (χ2n) is 6.57. The monoisotopic (exact) mass is 366 g/mol. The number of guanidine groups is 1. The van der Waals surface area contributed by atoms with Crippen LogP contribution in [0.4, 0.5) is 0 Å². The Labute approximate surface area is 154 Å². The molecular formula is C18H30N4O2S. The van der Waals surface area contributed by atoms with Crippen LogP contribution in [0, 0.1) is 6.92 Å². The molecule has 1 aliphatic heterocycles. The highest BCUT2D eigenvalue weighted by Gasteiger charge is 2.29. The van der Waals surface area contributed by atoms with Gasteiger partial charge in [0.25, 0.3) is 5.91 Å². The number of nitrogens with zero attached hydrogens (tertiary/aromatic N) is 1. The predicted molar refractivity (Wildman–Crippen MR) is 104 cm³/mol. The summed E-state index contributed by atoms with van der Waals surface area (Å²) in [5.41, 5.74) is 0.857. The average Bonchev–Trinajstić information content (AvgIpc) is 3.21. The Hall–Kier alpha value is -1.63. The van der Waals surface area contributed by atoms with E-state index in [-0.39, 0.29) is 10.7 Å². The fraction of sp³-hybridized carbons (Fsp3) is 0.667. The van der Waals surface area contributed by atoms with Gasteiger partial charge in [-0.2, -0.15) is 11.8 Å². The second kappa shape index (κ2) is 9.75. The molecule has 0 aliphatic carbocycles. The Morgan fingerprint density at radius 2 is 2.16 bits per heavy atom. The third-order valence-electron chi connectivity index (χ3n) is 4.22. The molecule has 1 unspecified atom stereocenters. The van der Waals surface area contributed by atoms with E-state index < -0.39 is 0 Å². The van der Waals surface area contributed by atoms with Gasteiger partial charge in [-0.3, -0.25) is 9.79 Å². The lowest BCUT2D eigenvalue weighted by Crippen LogP contribution is -2.39. The van der Waals surface area contributed by atoms with Crippen molar-refractivity contribution in [3.8, 4) is 0 Å². The molecule has 3 N–H and O–H groups in total. The lowest BCUT2D eigenvalue weighted by Gasteiger charge is -2.21. The molecule has 1 fully saturated rings. The minimum Gasteiger partial charge on any atom is -0.459 e. The minimum atomic E-state index is -0.158. The first-order valence-corrected chi connectivity index (χ1v) is 10.0. The molecule has 1 aromatic heterocycles. The Kier molecular flexibility index (Phi) is 7.68. The summed E-state index contributed by atoms with van der Waals surface area (Å²) in [7, 11) is 0. The van der Waals surface area contributed by atoms with Crippen molar-refractivity contribution in [3.63, 3.8) is 0 Å². The Bertz CT molecular complexity index is 579. The van der Waals surface area contributed by atoms with Crippen molar-refractivity contribution in [2.24, 2.45) is 4.99 Å². The van der Waals surface area contributed by atoms with Gasteiger partial charge in [0.2, 0.25) is 0 Å². The van der Waals surface area contributed by atoms with Crippen LogP contribution in [0.3, 0.4) is 0 Å². The summed E-state index contributed by atoms with van der Waals surface area (Å²) in [6.45, 7) is 9.25. The molecule has 1 amide bonds. The number of nitrogens with one attached hydrogen (secondary N) is 3. The zero-order chi connectivity index (χ0) is 18.1. The van der Waals surface area contributed by atoms with Crippen molar-refractivity contribution in [1.29, 1.82) is 0 Å². The maximum absolute atomic E-state index is 11.9. The standard InChI is InChI=1S/C18H30N4O2S/c1-4-19-17(22-13-18(3)8-5-12-25-18)21-10-6-9-20-16(23)15-14(2)7-11-24-15/h7,11H,4-6,8-10,12-13H2,1-3H3,(H,20,23)(H2,19,21,22). The summed E-state index contributed by atoms with van der Waals surface area (Å²) >= 11 is 2.02. The molecule has 7 heteroatoms. The lowest BCUT2D eigenvalue weighted by molar-refractivity contribution is 0.0925. The summed E-state index contributed by atoms with van der Waals surface area (Å²) in [6, 6.07) is 1.79. The second-order valence-corrected chi connectivity index (χ2v) is 8.25. The SMILES string of the molecule is CCNC(=NCC1(C)CCCS1)NCCCNC(=O)c1occc1C. The van der Waals surface area contributed by atoms with Crippen molar-refractivity contribution >= 4 is 23.6 Å². The highest BCUT2D eigenvalue weighted by atomic mass is 32.2. The van der Waals surface area contributed by atoms with Crippen molar-refractivity contribution in [1.82, 2.24) is 16.0 Å². The van der Waals surface area contributed by atoms with E-state index in [9.17, 15) is 4.79 Å². The van der Waals surface area contributed by atoms with E-state index in [2.05, 4.69) is 29.8 Å². The van der Waals surface area contributed by atoms with Crippen LogP contribution < -0.4 is 16.0 Å². The first-order chi connectivity index (χ1) is 12.0. The fourth-order valence-electron chi connectivity index (χ4n) is 2.73. The van der Waals surface area contributed by atoms with Gasteiger partial charge in [-0.1, -0.05) is 0 Å². The maximum atomic E-state index is 11.9. The number of carbonyl (C=O) groups excluding carboxylic acids is 1. The van der Waals surface area contributed by atoms with Gasteiger partial charge in [0.1, 0.15) is 0 Å². The predicted octanol–water partition coefficient (Wildman–Crippen LogP) is 2.55. The highest BCUT2D eigenvalue weighted by molar-refractivity contribution is 8.00. The van der Waals surface area contributed by atoms with Gasteiger partial charge in [-0.15, -0.1) is 0 Å². The van der Waals surface area contributed by atoms with E-state index in [1.807, 2.05) is 18.7 Å². The van der Waals surface area contributed by atoms with Gasteiger partial charge < -0.3 is 20.4 Å². The van der Waals surface area contributed by atoms with Crippen LogP contribution in [0.5, 0.6) is 0 Å². The molecule has 1 atom stereocenters. The number of hydrogen-bond donors (Lipinski definition) is 3. The molecule has 0 spiro atoms. The summed E-state index contributed by atoms with van der Waals surface area (Å²) in [5, 5.41) is 9.50. The summed E-state index contributed by atoms with van der Waals surface area (Å²) in [6.07, 6.45) is 4.88. The molecule has 1 aliphatic rings. The third-order valence-corrected chi connectivity index (χ3v) is 5.74. The number of amides is 1. The molecular weight excluding hydrogens is 336 g/mol.